The van der Waals surface area contributed by atoms with Crippen molar-refractivity contribution in [1.29, 1.82) is 0 Å². The number of esters is 1. The monoisotopic (exact) mass is 914 g/mol. The third kappa shape index (κ3) is 14.3. The van der Waals surface area contributed by atoms with Crippen LogP contribution in [0, 0.1) is 35.5 Å². The minimum Gasteiger partial charge on any atom is -0.460 e. The van der Waals surface area contributed by atoms with Crippen molar-refractivity contribution < 1.29 is 63.0 Å². The van der Waals surface area contributed by atoms with E-state index < -0.39 is 83.9 Å². The number of Topliss-reactive ketones (excluding diaryl/α,β-unsaturated/α-hetero) is 3. The number of carbonyl (C=O) groups excluding carboxylic acids is 5. The second kappa shape index (κ2) is 25.1. The summed E-state index contributed by atoms with van der Waals surface area (Å²) in [4.78, 5) is 72.1. The summed E-state index contributed by atoms with van der Waals surface area (Å²) in [5, 5.41) is 34.1. The number of carbonyl (C=O) groups is 5. The highest BCUT2D eigenvalue weighted by atomic mass is 16.6. The smallest absolute Gasteiger partial charge is 0.329 e. The lowest BCUT2D eigenvalue weighted by Gasteiger charge is -2.40. The number of aliphatic hydroxyl groups excluding tert-OH is 2. The summed E-state index contributed by atoms with van der Waals surface area (Å²) in [5.74, 6) is -8.01. The summed E-state index contributed by atoms with van der Waals surface area (Å²) in [6.45, 7) is 12.7. The summed E-state index contributed by atoms with van der Waals surface area (Å²) in [5.41, 5.74) is 1.24. The Morgan fingerprint density at radius 2 is 1.55 bits per heavy atom. The Hall–Kier alpha value is -3.37. The standard InChI is InChI=1S/C51H79NO13/c1-30-16-12-11-13-17-31(2)42(61-8)28-38-21-19-32(3)48(57)51(60,65-38)50(59)52-23-15-14-18-39(52)49(58)64-43(34(5)26-37-20-22-40(53)44(27-37)62-9)29-41(54)33(4)25-36(7)46(56)47(63-10)45(55)35(6)24-30/h11-13,16-17,25,30,32-35,37-40,42-44,46-47,53,56,60H,14-15,18-24,26-29H2,1-10H3/t30-,32-,33-,34-,35-,37+,38+,39+,40-,42+,43+,44-,46-,47+,51-/m1/s1. The van der Waals surface area contributed by atoms with Crippen LogP contribution in [-0.4, -0.2) is 132 Å². The Kier molecular flexibility index (Phi) is 21.0. The lowest BCUT2D eigenvalue weighted by Crippen LogP contribution is -2.62. The molecule has 0 aromatic carbocycles. The summed E-state index contributed by atoms with van der Waals surface area (Å²) in [6, 6.07) is -1.16. The van der Waals surface area contributed by atoms with Crippen LogP contribution in [0.5, 0.6) is 0 Å². The average Bonchev–Trinajstić information content (AvgIpc) is 3.39. The molecular weight excluding hydrogens is 835 g/mol. The van der Waals surface area contributed by atoms with Gasteiger partial charge in [0.2, 0.25) is 5.78 Å². The van der Waals surface area contributed by atoms with E-state index >= 15 is 0 Å². The van der Waals surface area contributed by atoms with E-state index in [-0.39, 0.29) is 61.2 Å². The number of cyclic esters (lactones) is 1. The fourth-order valence-corrected chi connectivity index (χ4v) is 10.1. The van der Waals surface area contributed by atoms with Crippen LogP contribution in [0.1, 0.15) is 126 Å². The highest BCUT2D eigenvalue weighted by molar-refractivity contribution is 6.09. The normalized spacial score (nSPS) is 37.8. The minimum absolute atomic E-state index is 0.0147. The Bertz CT molecular complexity index is 1760. The number of methoxy groups -OCH3 is 3. The molecule has 4 aliphatic rings. The van der Waals surface area contributed by atoms with Gasteiger partial charge in [-0.25, -0.2) is 4.79 Å². The van der Waals surface area contributed by atoms with Gasteiger partial charge in [-0.1, -0.05) is 71.1 Å². The molecule has 3 N–H and O–H groups in total. The SMILES string of the molecule is CO[C@H]1C[C@@H]2CC[C@@H](C)C(=O)[C@@](O)(O2)C(=O)N2CCCC[C@H]2C(=O)O[C@H]([C@H](C)C[C@@H]2CC[C@@H](O)[C@H](OC)C2)CC(=O)[C@H](C)C=C(C)[C@@H](O)[C@@H](OC)C(=O)[C@H](C)C[C@H](C)C=CC=CC=C1C. The van der Waals surface area contributed by atoms with Gasteiger partial charge in [-0.05, 0) is 107 Å². The van der Waals surface area contributed by atoms with Gasteiger partial charge < -0.3 is 43.9 Å². The van der Waals surface area contributed by atoms with Crippen LogP contribution in [0.25, 0.3) is 0 Å². The van der Waals surface area contributed by atoms with Gasteiger partial charge in [0.05, 0.1) is 24.4 Å². The second-order valence-electron chi connectivity index (χ2n) is 19.6. The van der Waals surface area contributed by atoms with E-state index in [9.17, 15) is 39.3 Å². The molecule has 0 unspecified atom stereocenters. The molecule has 2 saturated heterocycles. The predicted molar refractivity (Wildman–Crippen MR) is 245 cm³/mol. The molecule has 14 heteroatoms. The Balaban J connectivity index is 1.74. The van der Waals surface area contributed by atoms with Crippen molar-refractivity contribution in [2.45, 2.75) is 180 Å². The molecule has 65 heavy (non-hydrogen) atoms. The van der Waals surface area contributed by atoms with Gasteiger partial charge in [-0.3, -0.25) is 19.2 Å². The largest absolute Gasteiger partial charge is 0.460 e. The first-order valence-electron chi connectivity index (χ1n) is 23.9. The first kappa shape index (κ1) is 54.2. The van der Waals surface area contributed by atoms with Crippen molar-refractivity contribution in [1.82, 2.24) is 4.90 Å². The molecule has 0 spiro atoms. The summed E-state index contributed by atoms with van der Waals surface area (Å²) in [6.07, 6.45) is 10.7. The van der Waals surface area contributed by atoms with E-state index in [2.05, 4.69) is 0 Å². The fraction of sp³-hybridized carbons (Fsp3) is 0.745. The zero-order valence-electron chi connectivity index (χ0n) is 40.6. The molecule has 3 aliphatic heterocycles. The number of amides is 1. The minimum atomic E-state index is -2.85. The number of hydrogen-bond donors (Lipinski definition) is 3. The number of rotatable bonds is 6. The van der Waals surface area contributed by atoms with Crippen LogP contribution in [0.2, 0.25) is 0 Å². The van der Waals surface area contributed by atoms with Crippen molar-refractivity contribution in [3.63, 3.8) is 0 Å². The Morgan fingerprint density at radius 3 is 2.23 bits per heavy atom. The number of hydrogen-bond acceptors (Lipinski definition) is 13. The maximum atomic E-state index is 14.6. The molecule has 4 rings (SSSR count). The van der Waals surface area contributed by atoms with Crippen LogP contribution >= 0.6 is 0 Å². The van der Waals surface area contributed by atoms with Crippen LogP contribution in [0.4, 0.5) is 0 Å². The summed E-state index contributed by atoms with van der Waals surface area (Å²) in [7, 11) is 4.51. The van der Waals surface area contributed by atoms with Crippen LogP contribution in [-0.2, 0) is 47.7 Å². The molecule has 2 bridgehead atoms. The van der Waals surface area contributed by atoms with Crippen molar-refractivity contribution >= 4 is 29.2 Å². The highest BCUT2D eigenvalue weighted by Crippen LogP contribution is 2.36. The molecule has 0 aromatic rings. The van der Waals surface area contributed by atoms with Gasteiger partial charge in [-0.2, -0.15) is 0 Å². The Morgan fingerprint density at radius 1 is 0.831 bits per heavy atom. The molecule has 3 fully saturated rings. The number of ether oxygens (including phenoxy) is 5. The van der Waals surface area contributed by atoms with E-state index in [1.54, 1.807) is 41.1 Å². The number of nitrogens with zero attached hydrogens (tertiary/aromatic N) is 1. The maximum absolute atomic E-state index is 14.6. The van der Waals surface area contributed by atoms with Crippen LogP contribution < -0.4 is 0 Å². The zero-order chi connectivity index (χ0) is 48.2. The Labute approximate surface area is 387 Å². The number of ketones is 3. The number of piperidine rings is 1. The molecule has 1 aliphatic carbocycles. The van der Waals surface area contributed by atoms with E-state index in [4.69, 9.17) is 23.7 Å². The molecule has 1 amide bonds. The average molecular weight is 914 g/mol. The first-order chi connectivity index (χ1) is 30.7. The predicted octanol–water partition coefficient (Wildman–Crippen LogP) is 6.18. The quantitative estimate of drug-likeness (QED) is 0.156. The zero-order valence-corrected chi connectivity index (χ0v) is 40.6. The van der Waals surface area contributed by atoms with Crippen molar-refractivity contribution in [3.05, 3.63) is 47.6 Å². The van der Waals surface area contributed by atoms with Gasteiger partial charge in [0, 0.05) is 58.5 Å². The van der Waals surface area contributed by atoms with E-state index in [1.807, 2.05) is 58.1 Å². The van der Waals surface area contributed by atoms with Crippen molar-refractivity contribution in [3.8, 4) is 0 Å². The molecule has 0 aromatic heterocycles. The molecule has 366 valence electrons. The lowest BCUT2D eigenvalue weighted by molar-refractivity contribution is -0.231. The third-order valence-electron chi connectivity index (χ3n) is 14.4. The van der Waals surface area contributed by atoms with Crippen LogP contribution in [0.3, 0.4) is 0 Å². The summed E-state index contributed by atoms with van der Waals surface area (Å²) < 4.78 is 29.5. The van der Waals surface area contributed by atoms with E-state index in [1.165, 1.54) is 12.0 Å². The van der Waals surface area contributed by atoms with Gasteiger partial charge in [0.25, 0.3) is 5.91 Å². The first-order valence-corrected chi connectivity index (χ1v) is 23.9. The topological polar surface area (TPSA) is 195 Å². The molecule has 3 heterocycles. The number of fused-ring (bicyclic) bond motifs is 3. The second-order valence-corrected chi connectivity index (χ2v) is 19.6. The number of allylic oxidation sites excluding steroid dienone is 6. The van der Waals surface area contributed by atoms with Gasteiger partial charge in [0.1, 0.15) is 30.1 Å². The molecule has 1 saturated carbocycles. The van der Waals surface area contributed by atoms with E-state index in [0.717, 1.165) is 12.0 Å². The molecule has 15 atom stereocenters. The molecule has 0 radical (unpaired) electrons. The maximum Gasteiger partial charge on any atom is 0.329 e. The van der Waals surface area contributed by atoms with Crippen molar-refractivity contribution in [2.24, 2.45) is 35.5 Å². The summed E-state index contributed by atoms with van der Waals surface area (Å²) >= 11 is 0. The highest BCUT2D eigenvalue weighted by Gasteiger charge is 2.55. The van der Waals surface area contributed by atoms with E-state index in [0.29, 0.717) is 56.9 Å². The fourth-order valence-electron chi connectivity index (χ4n) is 10.1. The van der Waals surface area contributed by atoms with Gasteiger partial charge in [0.15, 0.2) is 5.78 Å². The lowest BCUT2D eigenvalue weighted by atomic mass is 9.78. The van der Waals surface area contributed by atoms with Crippen molar-refractivity contribution in [2.75, 3.05) is 27.9 Å². The number of aliphatic hydroxyl groups is 3. The van der Waals surface area contributed by atoms with Crippen LogP contribution in [0.15, 0.2) is 47.6 Å². The third-order valence-corrected chi connectivity index (χ3v) is 14.4. The van der Waals surface area contributed by atoms with Gasteiger partial charge in [-0.15, -0.1) is 0 Å². The molecule has 14 nitrogen and oxygen atoms in total. The van der Waals surface area contributed by atoms with Gasteiger partial charge >= 0.3 is 11.8 Å². The molecular formula is C51H79NO13.